The number of anilines is 1. The maximum Gasteiger partial charge on any atom is 0.211 e. The van der Waals surface area contributed by atoms with E-state index >= 15 is 0 Å². The van der Waals surface area contributed by atoms with Gasteiger partial charge < -0.3 is 10.1 Å². The van der Waals surface area contributed by atoms with Gasteiger partial charge in [-0.05, 0) is 37.8 Å². The zero-order chi connectivity index (χ0) is 22.0. The van der Waals surface area contributed by atoms with Crippen molar-refractivity contribution in [2.24, 2.45) is 11.8 Å². The van der Waals surface area contributed by atoms with Gasteiger partial charge in [0.05, 0.1) is 23.6 Å². The first-order valence-electron chi connectivity index (χ1n) is 10.7. The first kappa shape index (κ1) is 23.2. The Hall–Kier alpha value is -0.930. The molecule has 5 atom stereocenters. The number of allylic oxidation sites excluding steroid dienone is 3. The van der Waals surface area contributed by atoms with Crippen LogP contribution >= 0.6 is 27.5 Å². The predicted octanol–water partition coefficient (Wildman–Crippen LogP) is 4.90. The van der Waals surface area contributed by atoms with Gasteiger partial charge in [-0.15, -0.1) is 11.6 Å². The second-order valence-corrected chi connectivity index (χ2v) is 11.6. The molecule has 3 aliphatic rings. The summed E-state index contributed by atoms with van der Waals surface area (Å²) in [4.78, 5) is 0. The first-order chi connectivity index (χ1) is 14.9. The van der Waals surface area contributed by atoms with Crippen LogP contribution < -0.4 is 10.0 Å². The molecule has 170 valence electrons. The van der Waals surface area contributed by atoms with Crippen LogP contribution in [0, 0.1) is 17.7 Å². The van der Waals surface area contributed by atoms with E-state index in [0.717, 1.165) is 24.8 Å². The molecule has 2 heterocycles. The molecule has 1 unspecified atom stereocenters. The molecule has 31 heavy (non-hydrogen) atoms. The van der Waals surface area contributed by atoms with Crippen LogP contribution in [0.2, 0.25) is 0 Å². The van der Waals surface area contributed by atoms with Gasteiger partial charge in [-0.2, -0.15) is 0 Å². The molecule has 1 fully saturated rings. The third kappa shape index (κ3) is 5.36. The molecular weight excluding hydrogens is 507 g/mol. The summed E-state index contributed by atoms with van der Waals surface area (Å²) >= 11 is 9.02. The molecule has 2 N–H and O–H groups in total. The highest BCUT2D eigenvalue weighted by Gasteiger charge is 2.44. The second kappa shape index (κ2) is 9.91. The Morgan fingerprint density at radius 1 is 1.29 bits per heavy atom. The predicted molar refractivity (Wildman–Crippen MR) is 125 cm³/mol. The van der Waals surface area contributed by atoms with Crippen LogP contribution in [-0.4, -0.2) is 38.7 Å². The number of ether oxygens (including phenoxy) is 1. The molecule has 0 bridgehead atoms. The molecule has 1 aromatic rings. The van der Waals surface area contributed by atoms with Crippen molar-refractivity contribution in [3.8, 4) is 0 Å². The zero-order valence-corrected chi connectivity index (χ0v) is 20.2. The maximum atomic E-state index is 14.9. The zero-order valence-electron chi connectivity index (χ0n) is 17.1. The van der Waals surface area contributed by atoms with E-state index in [1.807, 2.05) is 18.2 Å². The molecule has 1 aliphatic carbocycles. The minimum absolute atomic E-state index is 0.00376. The SMILES string of the molecule is O=S(=O)(CCCCl)NC[C@H]1CC[C@@H]2[C@H](O1)c1cc(Br)cc(F)c1N[C@H]2C1C=CC=CC1. The first-order valence-corrected chi connectivity index (χ1v) is 13.6. The molecule has 0 amide bonds. The Bertz CT molecular complexity index is 972. The molecular formula is C22H27BrClFN2O3S. The highest BCUT2D eigenvalue weighted by atomic mass is 79.9. The van der Waals surface area contributed by atoms with Crippen molar-refractivity contribution in [1.82, 2.24) is 4.72 Å². The highest BCUT2D eigenvalue weighted by Crippen LogP contribution is 2.49. The van der Waals surface area contributed by atoms with E-state index < -0.39 is 10.0 Å². The third-order valence-corrected chi connectivity index (χ3v) is 8.42. The Kier molecular flexibility index (Phi) is 7.43. The van der Waals surface area contributed by atoms with E-state index in [-0.39, 0.29) is 48.2 Å². The fourth-order valence-electron chi connectivity index (χ4n) is 4.80. The summed E-state index contributed by atoms with van der Waals surface area (Å²) in [6.45, 7) is 0.212. The fraction of sp³-hybridized carbons (Fsp3) is 0.545. The minimum Gasteiger partial charge on any atom is -0.379 e. The van der Waals surface area contributed by atoms with Gasteiger partial charge in [-0.25, -0.2) is 17.5 Å². The monoisotopic (exact) mass is 532 g/mol. The van der Waals surface area contributed by atoms with Crippen LogP contribution in [0.25, 0.3) is 0 Å². The number of fused-ring (bicyclic) bond motifs is 3. The van der Waals surface area contributed by atoms with E-state index in [0.29, 0.717) is 22.5 Å². The van der Waals surface area contributed by atoms with Gasteiger partial charge in [0.15, 0.2) is 0 Å². The van der Waals surface area contributed by atoms with Crippen molar-refractivity contribution in [3.63, 3.8) is 0 Å². The summed E-state index contributed by atoms with van der Waals surface area (Å²) in [7, 11) is -3.39. The lowest BCUT2D eigenvalue weighted by molar-refractivity contribution is -0.0925. The second-order valence-electron chi connectivity index (χ2n) is 8.36. The van der Waals surface area contributed by atoms with Gasteiger partial charge in [0.2, 0.25) is 10.0 Å². The van der Waals surface area contributed by atoms with E-state index in [4.69, 9.17) is 16.3 Å². The molecule has 0 aromatic heterocycles. The summed E-state index contributed by atoms with van der Waals surface area (Å²) in [5.74, 6) is 0.426. The molecule has 0 radical (unpaired) electrons. The number of rotatable bonds is 7. The van der Waals surface area contributed by atoms with Gasteiger partial charge in [-0.3, -0.25) is 0 Å². The van der Waals surface area contributed by atoms with Crippen molar-refractivity contribution in [2.45, 2.75) is 43.9 Å². The molecule has 1 aromatic carbocycles. The molecule has 1 saturated heterocycles. The molecule has 0 saturated carbocycles. The van der Waals surface area contributed by atoms with Crippen LogP contribution in [0.15, 0.2) is 40.9 Å². The van der Waals surface area contributed by atoms with Crippen molar-refractivity contribution >= 4 is 43.2 Å². The lowest BCUT2D eigenvalue weighted by atomic mass is 9.73. The Morgan fingerprint density at radius 3 is 2.87 bits per heavy atom. The van der Waals surface area contributed by atoms with E-state index in [1.165, 1.54) is 6.07 Å². The molecule has 9 heteroatoms. The van der Waals surface area contributed by atoms with Crippen LogP contribution in [0.3, 0.4) is 0 Å². The van der Waals surface area contributed by atoms with Gasteiger partial charge in [0, 0.05) is 40.3 Å². The summed E-state index contributed by atoms with van der Waals surface area (Å²) < 4.78 is 48.9. The number of sulfonamides is 1. The highest BCUT2D eigenvalue weighted by molar-refractivity contribution is 9.10. The summed E-state index contributed by atoms with van der Waals surface area (Å²) in [6.07, 6.45) is 10.8. The summed E-state index contributed by atoms with van der Waals surface area (Å²) in [5, 5.41) is 3.47. The van der Waals surface area contributed by atoms with Crippen molar-refractivity contribution in [2.75, 3.05) is 23.5 Å². The van der Waals surface area contributed by atoms with Gasteiger partial charge in [-0.1, -0.05) is 40.2 Å². The van der Waals surface area contributed by atoms with E-state index in [1.54, 1.807) is 0 Å². The number of halogens is 3. The number of hydrogen-bond acceptors (Lipinski definition) is 4. The fourth-order valence-corrected chi connectivity index (χ4v) is 6.65. The average molecular weight is 534 g/mol. The summed E-state index contributed by atoms with van der Waals surface area (Å²) in [6, 6.07) is 3.42. The van der Waals surface area contributed by atoms with E-state index in [9.17, 15) is 12.8 Å². The standard InChI is InChI=1S/C22H27BrClFN2O3S/c23-15-11-18-21(19(25)12-15)27-20(14-5-2-1-3-6-14)17-8-7-16(30-22(17)18)13-26-31(28,29)10-4-9-24/h1-3,5,11-12,14,16-17,20,22,26-27H,4,6-10,13H2/t14?,16-,17+,20+,22+/m1/s1. The normalized spacial score (nSPS) is 29.8. The third-order valence-electron chi connectivity index (χ3n) is 6.27. The topological polar surface area (TPSA) is 67.4 Å². The maximum absolute atomic E-state index is 14.9. The molecule has 5 nitrogen and oxygen atoms in total. The van der Waals surface area contributed by atoms with Crippen LogP contribution in [0.1, 0.15) is 37.4 Å². The van der Waals surface area contributed by atoms with Gasteiger partial charge in [0.25, 0.3) is 0 Å². The van der Waals surface area contributed by atoms with Gasteiger partial charge >= 0.3 is 0 Å². The van der Waals surface area contributed by atoms with Crippen LogP contribution in [0.4, 0.5) is 10.1 Å². The smallest absolute Gasteiger partial charge is 0.211 e. The Morgan fingerprint density at radius 2 is 2.13 bits per heavy atom. The number of benzene rings is 1. The average Bonchev–Trinajstić information content (AvgIpc) is 2.76. The van der Waals surface area contributed by atoms with Crippen LogP contribution in [0.5, 0.6) is 0 Å². The number of nitrogens with one attached hydrogen (secondary N) is 2. The number of hydrogen-bond donors (Lipinski definition) is 2. The summed E-state index contributed by atoms with van der Waals surface area (Å²) in [5.41, 5.74) is 1.28. The number of alkyl halides is 1. The van der Waals surface area contributed by atoms with Crippen LogP contribution in [-0.2, 0) is 14.8 Å². The van der Waals surface area contributed by atoms with Gasteiger partial charge in [0.1, 0.15) is 5.82 Å². The molecule has 0 spiro atoms. The minimum atomic E-state index is -3.39. The van der Waals surface area contributed by atoms with Crippen molar-refractivity contribution in [3.05, 3.63) is 52.3 Å². The Balaban J connectivity index is 1.55. The largest absolute Gasteiger partial charge is 0.379 e. The quantitative estimate of drug-likeness (QED) is 0.489. The molecule has 4 rings (SSSR count). The van der Waals surface area contributed by atoms with E-state index in [2.05, 4.69) is 38.1 Å². The lowest BCUT2D eigenvalue weighted by Gasteiger charge is -2.47. The molecule has 2 aliphatic heterocycles. The van der Waals surface area contributed by atoms with Crippen molar-refractivity contribution < 1.29 is 17.5 Å². The Labute approximate surface area is 196 Å². The lowest BCUT2D eigenvalue weighted by Crippen LogP contribution is -2.48. The van der Waals surface area contributed by atoms with Crippen molar-refractivity contribution in [1.29, 1.82) is 0 Å².